The maximum Gasteiger partial charge on any atom is 0.253 e. The van der Waals surface area contributed by atoms with Crippen LogP contribution in [-0.2, 0) is 6.54 Å². The Hall–Kier alpha value is -3.22. The maximum atomic E-state index is 12.7. The van der Waals surface area contributed by atoms with E-state index in [4.69, 9.17) is 0 Å². The van der Waals surface area contributed by atoms with Crippen LogP contribution < -0.4 is 4.90 Å². The lowest BCUT2D eigenvalue weighted by Gasteiger charge is -2.18. The van der Waals surface area contributed by atoms with Crippen molar-refractivity contribution in [1.29, 1.82) is 0 Å². The molecule has 0 aliphatic carbocycles. The van der Waals surface area contributed by atoms with Crippen LogP contribution in [0.3, 0.4) is 0 Å². The summed E-state index contributed by atoms with van der Waals surface area (Å²) in [6.45, 7) is 0.493. The smallest absolute Gasteiger partial charge is 0.253 e. The van der Waals surface area contributed by atoms with Crippen LogP contribution in [0.15, 0.2) is 55.0 Å². The fourth-order valence-corrected chi connectivity index (χ4v) is 2.47. The van der Waals surface area contributed by atoms with Crippen molar-refractivity contribution in [2.24, 2.45) is 0 Å². The summed E-state index contributed by atoms with van der Waals surface area (Å²) < 4.78 is 1.63. The monoisotopic (exact) mass is 336 g/mol. The van der Waals surface area contributed by atoms with E-state index in [1.807, 2.05) is 43.3 Å². The van der Waals surface area contributed by atoms with E-state index < -0.39 is 0 Å². The normalized spacial score (nSPS) is 10.5. The van der Waals surface area contributed by atoms with Gasteiger partial charge in [0.15, 0.2) is 0 Å². The van der Waals surface area contributed by atoms with Gasteiger partial charge in [-0.25, -0.2) is 9.67 Å². The zero-order valence-corrected chi connectivity index (χ0v) is 14.5. The molecule has 0 radical (unpaired) electrons. The quantitative estimate of drug-likeness (QED) is 0.713. The van der Waals surface area contributed by atoms with Crippen LogP contribution in [0.25, 0.3) is 5.69 Å². The molecule has 3 rings (SSSR count). The SMILES string of the molecule is CN(Cc1ccc(N(C)C)nc1)C(=O)c1cccc(-n2ccnn2)c1. The number of nitrogens with zero attached hydrogens (tertiary/aromatic N) is 6. The van der Waals surface area contributed by atoms with Gasteiger partial charge in [-0.3, -0.25) is 4.79 Å². The summed E-state index contributed by atoms with van der Waals surface area (Å²) in [6, 6.07) is 11.3. The van der Waals surface area contributed by atoms with Crippen LogP contribution in [0.5, 0.6) is 0 Å². The molecule has 1 amide bonds. The molecule has 2 heterocycles. The number of amides is 1. The van der Waals surface area contributed by atoms with Gasteiger partial charge in [0.05, 0.1) is 18.1 Å². The lowest BCUT2D eigenvalue weighted by molar-refractivity contribution is 0.0785. The molecule has 0 atom stereocenters. The van der Waals surface area contributed by atoms with Crippen molar-refractivity contribution in [1.82, 2.24) is 24.9 Å². The third-order valence-electron chi connectivity index (χ3n) is 3.81. The number of rotatable bonds is 5. The fourth-order valence-electron chi connectivity index (χ4n) is 2.47. The molecular weight excluding hydrogens is 316 g/mol. The minimum atomic E-state index is -0.0568. The van der Waals surface area contributed by atoms with E-state index in [1.165, 1.54) is 0 Å². The molecule has 0 fully saturated rings. The molecule has 0 bridgehead atoms. The summed E-state index contributed by atoms with van der Waals surface area (Å²) in [5, 5.41) is 7.74. The van der Waals surface area contributed by atoms with E-state index in [1.54, 1.807) is 47.4 Å². The van der Waals surface area contributed by atoms with Gasteiger partial charge in [-0.1, -0.05) is 17.3 Å². The summed E-state index contributed by atoms with van der Waals surface area (Å²) in [6.07, 6.45) is 5.14. The summed E-state index contributed by atoms with van der Waals surface area (Å²) >= 11 is 0. The van der Waals surface area contributed by atoms with Gasteiger partial charge in [0.1, 0.15) is 5.82 Å². The van der Waals surface area contributed by atoms with E-state index in [9.17, 15) is 4.79 Å². The highest BCUT2D eigenvalue weighted by Crippen LogP contribution is 2.14. The third-order valence-corrected chi connectivity index (χ3v) is 3.81. The second kappa shape index (κ2) is 7.12. The van der Waals surface area contributed by atoms with Crippen LogP contribution in [0, 0.1) is 0 Å². The minimum absolute atomic E-state index is 0.0568. The van der Waals surface area contributed by atoms with Crippen LogP contribution in [0.4, 0.5) is 5.82 Å². The van der Waals surface area contributed by atoms with Gasteiger partial charge in [-0.15, -0.1) is 5.10 Å². The van der Waals surface area contributed by atoms with Gasteiger partial charge in [-0.05, 0) is 29.8 Å². The lowest BCUT2D eigenvalue weighted by atomic mass is 10.1. The Bertz CT molecular complexity index is 842. The van der Waals surface area contributed by atoms with Crippen molar-refractivity contribution in [3.05, 3.63) is 66.1 Å². The van der Waals surface area contributed by atoms with Crippen LogP contribution in [0.1, 0.15) is 15.9 Å². The average Bonchev–Trinajstić information content (AvgIpc) is 3.16. The molecule has 0 aliphatic rings. The van der Waals surface area contributed by atoms with Gasteiger partial charge in [0, 0.05) is 39.4 Å². The first-order chi connectivity index (χ1) is 12.0. The van der Waals surface area contributed by atoms with E-state index in [0.717, 1.165) is 17.1 Å². The summed E-state index contributed by atoms with van der Waals surface area (Å²) in [4.78, 5) is 20.7. The molecule has 7 nitrogen and oxygen atoms in total. The van der Waals surface area contributed by atoms with Gasteiger partial charge in [0.2, 0.25) is 0 Å². The first kappa shape index (κ1) is 16.6. The Morgan fingerprint density at radius 2 is 2.00 bits per heavy atom. The van der Waals surface area contributed by atoms with Crippen molar-refractivity contribution in [3.8, 4) is 5.69 Å². The first-order valence-corrected chi connectivity index (χ1v) is 7.89. The van der Waals surface area contributed by atoms with Gasteiger partial charge >= 0.3 is 0 Å². The van der Waals surface area contributed by atoms with E-state index in [2.05, 4.69) is 15.3 Å². The predicted octanol–water partition coefficient (Wildman–Crippen LogP) is 2.00. The zero-order chi connectivity index (χ0) is 17.8. The van der Waals surface area contributed by atoms with Gasteiger partial charge < -0.3 is 9.80 Å². The number of pyridine rings is 1. The van der Waals surface area contributed by atoms with E-state index in [-0.39, 0.29) is 5.91 Å². The topological polar surface area (TPSA) is 67.2 Å². The highest BCUT2D eigenvalue weighted by molar-refractivity contribution is 5.94. The zero-order valence-electron chi connectivity index (χ0n) is 14.5. The predicted molar refractivity (Wildman–Crippen MR) is 95.7 cm³/mol. The summed E-state index contributed by atoms with van der Waals surface area (Å²) in [5.41, 5.74) is 2.39. The van der Waals surface area contributed by atoms with Gasteiger partial charge in [0.25, 0.3) is 5.91 Å². The van der Waals surface area contributed by atoms with E-state index in [0.29, 0.717) is 12.1 Å². The maximum absolute atomic E-state index is 12.7. The fraction of sp³-hybridized carbons (Fsp3) is 0.222. The average molecular weight is 336 g/mol. The molecule has 1 aromatic carbocycles. The molecule has 2 aromatic heterocycles. The molecule has 7 heteroatoms. The number of carbonyl (C=O) groups is 1. The molecule has 0 unspecified atom stereocenters. The number of anilines is 1. The Kier molecular flexibility index (Phi) is 4.74. The standard InChI is InChI=1S/C18H20N6O/c1-22(2)17-8-7-14(12-19-17)13-23(3)18(25)15-5-4-6-16(11-15)24-10-9-20-21-24/h4-12H,13H2,1-3H3. The van der Waals surface area contributed by atoms with Crippen LogP contribution >= 0.6 is 0 Å². The van der Waals surface area contributed by atoms with Crippen molar-refractivity contribution in [3.63, 3.8) is 0 Å². The summed E-state index contributed by atoms with van der Waals surface area (Å²) in [5.74, 6) is 0.830. The number of carbonyl (C=O) groups excluding carboxylic acids is 1. The van der Waals surface area contributed by atoms with Crippen molar-refractivity contribution in [2.75, 3.05) is 26.0 Å². The number of hydrogen-bond donors (Lipinski definition) is 0. The van der Waals surface area contributed by atoms with Crippen molar-refractivity contribution < 1.29 is 4.79 Å². The molecule has 25 heavy (non-hydrogen) atoms. The number of aromatic nitrogens is 4. The Labute approximate surface area is 146 Å². The molecule has 0 aliphatic heterocycles. The summed E-state index contributed by atoms with van der Waals surface area (Å²) in [7, 11) is 5.67. The minimum Gasteiger partial charge on any atom is -0.363 e. The first-order valence-electron chi connectivity index (χ1n) is 7.89. The number of benzene rings is 1. The molecule has 0 saturated carbocycles. The lowest BCUT2D eigenvalue weighted by Crippen LogP contribution is -2.26. The molecule has 3 aromatic rings. The van der Waals surface area contributed by atoms with E-state index >= 15 is 0 Å². The highest BCUT2D eigenvalue weighted by Gasteiger charge is 2.13. The second-order valence-electron chi connectivity index (χ2n) is 5.98. The second-order valence-corrected chi connectivity index (χ2v) is 5.98. The third kappa shape index (κ3) is 3.82. The van der Waals surface area contributed by atoms with Crippen molar-refractivity contribution in [2.45, 2.75) is 6.54 Å². The highest BCUT2D eigenvalue weighted by atomic mass is 16.2. The van der Waals surface area contributed by atoms with Crippen LogP contribution in [0.2, 0.25) is 0 Å². The van der Waals surface area contributed by atoms with Crippen molar-refractivity contribution >= 4 is 11.7 Å². The molecular formula is C18H20N6O. The Morgan fingerprint density at radius 1 is 1.16 bits per heavy atom. The largest absolute Gasteiger partial charge is 0.363 e. The molecule has 128 valence electrons. The Morgan fingerprint density at radius 3 is 2.64 bits per heavy atom. The molecule has 0 saturated heterocycles. The molecule has 0 N–H and O–H groups in total. The Balaban J connectivity index is 1.73. The number of hydrogen-bond acceptors (Lipinski definition) is 5. The molecule has 0 spiro atoms. The van der Waals surface area contributed by atoms with Crippen LogP contribution in [-0.4, -0.2) is 51.9 Å². The van der Waals surface area contributed by atoms with Gasteiger partial charge in [-0.2, -0.15) is 0 Å².